The van der Waals surface area contributed by atoms with Crippen molar-refractivity contribution in [3.8, 4) is 16.9 Å². The molecule has 0 radical (unpaired) electrons. The summed E-state index contributed by atoms with van der Waals surface area (Å²) < 4.78 is 43.6. The van der Waals surface area contributed by atoms with E-state index in [1.54, 1.807) is 18.2 Å². The predicted molar refractivity (Wildman–Crippen MR) is 90.9 cm³/mol. The third-order valence-electron chi connectivity index (χ3n) is 3.69. The molecule has 0 bridgehead atoms. The normalized spacial score (nSPS) is 11.6. The highest BCUT2D eigenvalue weighted by Crippen LogP contribution is 2.32. The van der Waals surface area contributed by atoms with Crippen LogP contribution in [0.4, 0.5) is 13.2 Å². The summed E-state index contributed by atoms with van der Waals surface area (Å²) in [6.07, 6.45) is -2.85. The zero-order chi connectivity index (χ0) is 18.4. The van der Waals surface area contributed by atoms with E-state index in [1.165, 1.54) is 12.1 Å². The molecule has 0 spiro atoms. The first-order valence-corrected chi connectivity index (χ1v) is 7.85. The molecule has 0 heterocycles. The summed E-state index contributed by atoms with van der Waals surface area (Å²) in [5.41, 5.74) is 1.05. The molecule has 6 heteroatoms. The molecule has 25 heavy (non-hydrogen) atoms. The van der Waals surface area contributed by atoms with Gasteiger partial charge in [-0.3, -0.25) is 4.79 Å². The number of nitrogens with zero attached hydrogens (tertiary/aromatic N) is 1. The molecule has 0 aromatic heterocycles. The molecule has 0 unspecified atom stereocenters. The van der Waals surface area contributed by atoms with E-state index in [0.29, 0.717) is 35.3 Å². The van der Waals surface area contributed by atoms with Crippen molar-refractivity contribution in [1.82, 2.24) is 4.90 Å². The lowest BCUT2D eigenvalue weighted by Crippen LogP contribution is -2.15. The Bertz CT molecular complexity index is 710. The molecule has 0 atom stereocenters. The first-order valence-electron chi connectivity index (χ1n) is 7.85. The van der Waals surface area contributed by atoms with E-state index in [4.69, 9.17) is 4.74 Å². The van der Waals surface area contributed by atoms with Crippen LogP contribution in [0.15, 0.2) is 42.5 Å². The highest BCUT2D eigenvalue weighted by atomic mass is 19.4. The summed E-state index contributed by atoms with van der Waals surface area (Å²) >= 11 is 0. The number of carbonyl (C=O) groups excluding carboxylic acids is 1. The molecule has 2 aromatic rings. The third-order valence-corrected chi connectivity index (χ3v) is 3.69. The number of alkyl halides is 3. The van der Waals surface area contributed by atoms with Crippen LogP contribution >= 0.6 is 0 Å². The van der Waals surface area contributed by atoms with Gasteiger partial charge in [-0.25, -0.2) is 0 Å². The highest BCUT2D eigenvalue weighted by molar-refractivity contribution is 5.81. The number of ether oxygens (including phenoxy) is 1. The van der Waals surface area contributed by atoms with Crippen molar-refractivity contribution in [3.05, 3.63) is 53.6 Å². The maximum Gasteiger partial charge on any atom is 0.416 e. The van der Waals surface area contributed by atoms with Gasteiger partial charge >= 0.3 is 6.18 Å². The Morgan fingerprint density at radius 1 is 1.04 bits per heavy atom. The van der Waals surface area contributed by atoms with Crippen LogP contribution in [0.25, 0.3) is 11.1 Å². The Morgan fingerprint density at radius 2 is 1.68 bits per heavy atom. The van der Waals surface area contributed by atoms with Gasteiger partial charge in [0.2, 0.25) is 0 Å². The highest BCUT2D eigenvalue weighted by Gasteiger charge is 2.29. The second-order valence-corrected chi connectivity index (χ2v) is 5.95. The zero-order valence-corrected chi connectivity index (χ0v) is 14.1. The topological polar surface area (TPSA) is 29.5 Å². The van der Waals surface area contributed by atoms with Crippen LogP contribution in [0.3, 0.4) is 0 Å². The number of hydrogen-bond donors (Lipinski definition) is 0. The maximum absolute atomic E-state index is 12.7. The fraction of sp³-hybridized carbons (Fsp3) is 0.316. The Labute approximate surface area is 145 Å². The average Bonchev–Trinajstić information content (AvgIpc) is 2.57. The summed E-state index contributed by atoms with van der Waals surface area (Å²) in [6.45, 7) is 1.31. The number of rotatable bonds is 7. The smallest absolute Gasteiger partial charge is 0.416 e. The van der Waals surface area contributed by atoms with Crippen molar-refractivity contribution in [3.63, 3.8) is 0 Å². The minimum Gasteiger partial charge on any atom is -0.493 e. The lowest BCUT2D eigenvalue weighted by molar-refractivity contribution is -0.137. The summed E-state index contributed by atoms with van der Waals surface area (Å²) in [4.78, 5) is 13.2. The molecular weight excluding hydrogens is 331 g/mol. The number of halogens is 3. The van der Waals surface area contributed by atoms with Crippen LogP contribution < -0.4 is 4.74 Å². The van der Waals surface area contributed by atoms with Gasteiger partial charge in [0.05, 0.1) is 17.7 Å². The molecule has 3 nitrogen and oxygen atoms in total. The van der Waals surface area contributed by atoms with Gasteiger partial charge in [0.1, 0.15) is 5.75 Å². The zero-order valence-electron chi connectivity index (χ0n) is 14.1. The monoisotopic (exact) mass is 351 g/mol. The minimum absolute atomic E-state index is 0.417. The Kier molecular flexibility index (Phi) is 6.20. The van der Waals surface area contributed by atoms with Crippen LogP contribution in [-0.4, -0.2) is 38.4 Å². The first-order chi connectivity index (χ1) is 11.8. The Balaban J connectivity index is 2.18. The molecule has 0 N–H and O–H groups in total. The molecular formula is C19H20F3NO2. The van der Waals surface area contributed by atoms with E-state index in [2.05, 4.69) is 0 Å². The summed E-state index contributed by atoms with van der Waals surface area (Å²) in [6, 6.07) is 9.90. The van der Waals surface area contributed by atoms with Crippen LogP contribution in [0.2, 0.25) is 0 Å². The van der Waals surface area contributed by atoms with Crippen molar-refractivity contribution >= 4 is 6.29 Å². The largest absolute Gasteiger partial charge is 0.493 e. The van der Waals surface area contributed by atoms with E-state index in [1.807, 2.05) is 19.0 Å². The molecule has 0 amide bonds. The van der Waals surface area contributed by atoms with E-state index >= 15 is 0 Å². The maximum atomic E-state index is 12.7. The number of benzene rings is 2. The molecule has 0 aliphatic rings. The van der Waals surface area contributed by atoms with Gasteiger partial charge < -0.3 is 9.64 Å². The second-order valence-electron chi connectivity index (χ2n) is 5.95. The van der Waals surface area contributed by atoms with Gasteiger partial charge in [-0.05, 0) is 55.9 Å². The van der Waals surface area contributed by atoms with E-state index in [0.717, 1.165) is 25.1 Å². The van der Waals surface area contributed by atoms with Crippen molar-refractivity contribution in [2.45, 2.75) is 12.6 Å². The Morgan fingerprint density at radius 3 is 2.24 bits per heavy atom. The van der Waals surface area contributed by atoms with E-state index in [9.17, 15) is 18.0 Å². The molecule has 0 saturated heterocycles. The van der Waals surface area contributed by atoms with Crippen molar-refractivity contribution in [2.24, 2.45) is 0 Å². The van der Waals surface area contributed by atoms with Crippen molar-refractivity contribution in [2.75, 3.05) is 27.2 Å². The average molecular weight is 351 g/mol. The number of carbonyl (C=O) groups is 1. The number of hydrogen-bond acceptors (Lipinski definition) is 3. The lowest BCUT2D eigenvalue weighted by Gasteiger charge is -2.13. The van der Waals surface area contributed by atoms with Crippen molar-refractivity contribution < 1.29 is 22.7 Å². The van der Waals surface area contributed by atoms with Crippen LogP contribution in [0, 0.1) is 0 Å². The fourth-order valence-electron chi connectivity index (χ4n) is 2.35. The molecule has 0 saturated carbocycles. The first kappa shape index (κ1) is 19.0. The van der Waals surface area contributed by atoms with Gasteiger partial charge in [-0.2, -0.15) is 13.2 Å². The van der Waals surface area contributed by atoms with Crippen LogP contribution in [0.1, 0.15) is 22.3 Å². The van der Waals surface area contributed by atoms with Gasteiger partial charge in [0.25, 0.3) is 0 Å². The van der Waals surface area contributed by atoms with Gasteiger partial charge in [0.15, 0.2) is 6.29 Å². The fourth-order valence-corrected chi connectivity index (χ4v) is 2.35. The minimum atomic E-state index is -4.36. The molecule has 0 aliphatic carbocycles. The molecule has 134 valence electrons. The summed E-state index contributed by atoms with van der Waals surface area (Å²) in [5, 5.41) is 0. The van der Waals surface area contributed by atoms with Gasteiger partial charge in [0, 0.05) is 6.54 Å². The van der Waals surface area contributed by atoms with E-state index < -0.39 is 11.7 Å². The van der Waals surface area contributed by atoms with Crippen LogP contribution in [0.5, 0.6) is 5.75 Å². The quantitative estimate of drug-likeness (QED) is 0.543. The van der Waals surface area contributed by atoms with Crippen molar-refractivity contribution in [1.29, 1.82) is 0 Å². The molecule has 0 fully saturated rings. The third kappa shape index (κ3) is 5.32. The second kappa shape index (κ2) is 8.16. The van der Waals surface area contributed by atoms with Gasteiger partial charge in [-0.1, -0.05) is 18.2 Å². The van der Waals surface area contributed by atoms with Gasteiger partial charge in [-0.15, -0.1) is 0 Å². The molecule has 2 aromatic carbocycles. The SMILES string of the molecule is CN(C)CCCOc1cc(-c2ccc(C(F)(F)F)cc2)ccc1C=O. The summed E-state index contributed by atoms with van der Waals surface area (Å²) in [7, 11) is 3.92. The Hall–Kier alpha value is -2.34. The summed E-state index contributed by atoms with van der Waals surface area (Å²) in [5.74, 6) is 0.436. The lowest BCUT2D eigenvalue weighted by atomic mass is 10.0. The number of aldehydes is 1. The molecule has 0 aliphatic heterocycles. The van der Waals surface area contributed by atoms with Crippen LogP contribution in [-0.2, 0) is 6.18 Å². The van der Waals surface area contributed by atoms with E-state index in [-0.39, 0.29) is 0 Å². The molecule has 2 rings (SSSR count). The standard InChI is InChI=1S/C19H20F3NO2/c1-23(2)10-3-11-25-18-12-15(4-5-16(18)13-24)14-6-8-17(9-7-14)19(20,21)22/h4-9,12-13H,3,10-11H2,1-2H3. The predicted octanol–water partition coefficient (Wildman–Crippen LogP) is 4.52.